The summed E-state index contributed by atoms with van der Waals surface area (Å²) in [5, 5.41) is 65.2. The van der Waals surface area contributed by atoms with Gasteiger partial charge in [-0.05, 0) is 111 Å². The Bertz CT molecular complexity index is 1110. The van der Waals surface area contributed by atoms with Gasteiger partial charge in [0.15, 0.2) is 6.29 Å². The van der Waals surface area contributed by atoms with Crippen molar-refractivity contribution in [1.82, 2.24) is 0 Å². The summed E-state index contributed by atoms with van der Waals surface area (Å²) in [6, 6.07) is 0. The Kier molecular flexibility index (Phi) is 9.40. The smallest absolute Gasteiger partial charge is 0.186 e. The lowest BCUT2D eigenvalue weighted by atomic mass is 9.34. The quantitative estimate of drug-likeness (QED) is 0.193. The molecule has 6 N–H and O–H groups in total. The van der Waals surface area contributed by atoms with Gasteiger partial charge in [0.05, 0.1) is 24.9 Å². The molecule has 4 saturated carbocycles. The molecule has 0 radical (unpaired) electrons. The number of hydrogen-bond donors (Lipinski definition) is 6. The van der Waals surface area contributed by atoms with E-state index in [1.807, 2.05) is 0 Å². The average molecular weight is 621 g/mol. The normalized spacial score (nSPS) is 52.1. The van der Waals surface area contributed by atoms with E-state index in [1.165, 1.54) is 11.1 Å². The third kappa shape index (κ3) is 5.18. The van der Waals surface area contributed by atoms with Gasteiger partial charge < -0.3 is 40.1 Å². The second-order valence-electron chi connectivity index (χ2n) is 16.8. The molecule has 8 heteroatoms. The molecule has 0 unspecified atom stereocenters. The molecule has 5 aliphatic rings. The molecule has 5 rings (SSSR count). The predicted molar refractivity (Wildman–Crippen MR) is 168 cm³/mol. The summed E-state index contributed by atoms with van der Waals surface area (Å²) in [5.41, 5.74) is 1.49. The summed E-state index contributed by atoms with van der Waals surface area (Å²) >= 11 is 0. The molecule has 44 heavy (non-hydrogen) atoms. The first-order chi connectivity index (χ1) is 20.4. The minimum atomic E-state index is -1.52. The third-order valence-corrected chi connectivity index (χ3v) is 13.9. The Morgan fingerprint density at radius 2 is 1.55 bits per heavy atom. The van der Waals surface area contributed by atoms with E-state index in [0.717, 1.165) is 25.7 Å². The highest BCUT2D eigenvalue weighted by Gasteiger charge is 2.72. The Hall–Kier alpha value is -0.840. The van der Waals surface area contributed by atoms with Crippen LogP contribution in [0.2, 0.25) is 0 Å². The minimum absolute atomic E-state index is 0.112. The van der Waals surface area contributed by atoms with E-state index in [-0.39, 0.29) is 34.0 Å². The fraction of sp³-hybridized carbons (Fsp3) is 0.889. The maximum atomic E-state index is 12.0. The average Bonchev–Trinajstić information content (AvgIpc) is 3.32. The van der Waals surface area contributed by atoms with Gasteiger partial charge in [0.25, 0.3) is 0 Å². The largest absolute Gasteiger partial charge is 0.394 e. The van der Waals surface area contributed by atoms with Gasteiger partial charge in [0.2, 0.25) is 0 Å². The molecular formula is C36H60O8. The zero-order chi connectivity index (χ0) is 32.6. The zero-order valence-electron chi connectivity index (χ0n) is 28.2. The molecule has 15 atom stereocenters. The minimum Gasteiger partial charge on any atom is -0.394 e. The van der Waals surface area contributed by atoms with Crippen molar-refractivity contribution in [3.05, 3.63) is 23.3 Å². The van der Waals surface area contributed by atoms with Crippen LogP contribution in [0.3, 0.4) is 0 Å². The van der Waals surface area contributed by atoms with Crippen LogP contribution in [0.15, 0.2) is 23.3 Å². The summed E-state index contributed by atoms with van der Waals surface area (Å²) in [7, 11) is 0. The standard InChI is InChI=1S/C36H60O8/c1-19(2)10-9-11-20(3)21-12-15-35(7)27(21)22(38)16-25-34(6)14-13-26(39)33(4,5)31(34)23(17-36(25,35)8)43-32-30(42)29(41)28(40)24(18-37)44-32/h10-11,21-32,37-42H,9,12-18H2,1-8H3/b20-11-/t21-,22-,23-,24-,25-,26+,27+,28-,29+,30-,31-,32-,34-,35-,36-/m1/s1. The molecule has 252 valence electrons. The highest BCUT2D eigenvalue weighted by atomic mass is 16.7. The molecule has 0 amide bonds. The van der Waals surface area contributed by atoms with Crippen LogP contribution in [-0.4, -0.2) is 86.3 Å². The van der Waals surface area contributed by atoms with E-state index < -0.39 is 61.0 Å². The highest BCUT2D eigenvalue weighted by Crippen LogP contribution is 2.76. The fourth-order valence-corrected chi connectivity index (χ4v) is 11.5. The second kappa shape index (κ2) is 12.0. The zero-order valence-corrected chi connectivity index (χ0v) is 28.2. The lowest BCUT2D eigenvalue weighted by molar-refractivity contribution is -0.346. The van der Waals surface area contributed by atoms with Crippen LogP contribution >= 0.6 is 0 Å². The Morgan fingerprint density at radius 3 is 2.18 bits per heavy atom. The van der Waals surface area contributed by atoms with Crippen molar-refractivity contribution >= 4 is 0 Å². The first-order valence-corrected chi connectivity index (χ1v) is 17.1. The molecule has 1 aliphatic heterocycles. The van der Waals surface area contributed by atoms with Gasteiger partial charge in [0.1, 0.15) is 24.4 Å². The number of ether oxygens (including phenoxy) is 2. The van der Waals surface area contributed by atoms with Crippen molar-refractivity contribution in [2.24, 2.45) is 45.3 Å². The maximum absolute atomic E-state index is 12.0. The van der Waals surface area contributed by atoms with Crippen LogP contribution in [-0.2, 0) is 9.47 Å². The topological polar surface area (TPSA) is 140 Å². The van der Waals surface area contributed by atoms with Gasteiger partial charge in [0, 0.05) is 0 Å². The first-order valence-electron chi connectivity index (χ1n) is 17.1. The van der Waals surface area contributed by atoms with E-state index in [1.54, 1.807) is 0 Å². The second-order valence-corrected chi connectivity index (χ2v) is 16.8. The van der Waals surface area contributed by atoms with Crippen LogP contribution in [0, 0.1) is 45.3 Å². The monoisotopic (exact) mass is 620 g/mol. The van der Waals surface area contributed by atoms with Crippen LogP contribution in [0.25, 0.3) is 0 Å². The molecule has 1 saturated heterocycles. The SMILES string of the molecule is CC(C)=CC/C=C(/C)[C@H]1CC[C@]2(C)[C@@H]1[C@H](O)C[C@@H]1[C@@]3(C)CC[C@H](O)C(C)(C)[C@H]3[C@H](O[C@@H]3O[C@H](CO)[C@@H](O)[C@H](O)[C@H]3O)C[C@]12C. The first kappa shape index (κ1) is 34.5. The number of aliphatic hydroxyl groups is 6. The van der Waals surface area contributed by atoms with Crippen LogP contribution in [0.5, 0.6) is 0 Å². The molecule has 0 spiro atoms. The Morgan fingerprint density at radius 1 is 0.864 bits per heavy atom. The molecule has 0 aromatic rings. The number of fused-ring (bicyclic) bond motifs is 5. The molecule has 0 bridgehead atoms. The predicted octanol–water partition coefficient (Wildman–Crippen LogP) is 4.10. The van der Waals surface area contributed by atoms with E-state index in [9.17, 15) is 30.6 Å². The van der Waals surface area contributed by atoms with E-state index >= 15 is 0 Å². The summed E-state index contributed by atoms with van der Waals surface area (Å²) in [6.45, 7) is 17.2. The van der Waals surface area contributed by atoms with Crippen molar-refractivity contribution in [3.8, 4) is 0 Å². The van der Waals surface area contributed by atoms with Gasteiger partial charge in [-0.15, -0.1) is 0 Å². The van der Waals surface area contributed by atoms with E-state index in [0.29, 0.717) is 25.2 Å². The summed E-state index contributed by atoms with van der Waals surface area (Å²) in [5.74, 6) is 0.506. The number of rotatable bonds is 6. The van der Waals surface area contributed by atoms with Crippen LogP contribution < -0.4 is 0 Å². The van der Waals surface area contributed by atoms with Crippen molar-refractivity contribution < 1.29 is 40.1 Å². The van der Waals surface area contributed by atoms with Crippen LogP contribution in [0.4, 0.5) is 0 Å². The van der Waals surface area contributed by atoms with Crippen molar-refractivity contribution in [1.29, 1.82) is 0 Å². The highest BCUT2D eigenvalue weighted by molar-refractivity contribution is 5.24. The number of aliphatic hydroxyl groups excluding tert-OH is 6. The molecule has 4 aliphatic carbocycles. The van der Waals surface area contributed by atoms with Crippen molar-refractivity contribution in [2.75, 3.05) is 6.61 Å². The lowest BCUT2D eigenvalue weighted by Crippen LogP contribution is -2.70. The summed E-state index contributed by atoms with van der Waals surface area (Å²) < 4.78 is 12.6. The van der Waals surface area contributed by atoms with Gasteiger partial charge in [-0.3, -0.25) is 0 Å². The number of hydrogen-bond acceptors (Lipinski definition) is 8. The van der Waals surface area contributed by atoms with Crippen molar-refractivity contribution in [3.63, 3.8) is 0 Å². The molecular weight excluding hydrogens is 560 g/mol. The molecule has 8 nitrogen and oxygen atoms in total. The molecule has 0 aromatic carbocycles. The molecule has 5 fully saturated rings. The van der Waals surface area contributed by atoms with Gasteiger partial charge in [-0.1, -0.05) is 57.9 Å². The molecule has 0 aromatic heterocycles. The molecule has 1 heterocycles. The van der Waals surface area contributed by atoms with Gasteiger partial charge >= 0.3 is 0 Å². The van der Waals surface area contributed by atoms with Crippen molar-refractivity contribution in [2.45, 2.75) is 149 Å². The maximum Gasteiger partial charge on any atom is 0.186 e. The third-order valence-electron chi connectivity index (χ3n) is 13.9. The Labute approximate surface area is 264 Å². The summed E-state index contributed by atoms with van der Waals surface area (Å²) in [6.07, 6.45) is 2.23. The Balaban J connectivity index is 1.55. The fourth-order valence-electron chi connectivity index (χ4n) is 11.5. The van der Waals surface area contributed by atoms with Gasteiger partial charge in [-0.25, -0.2) is 0 Å². The van der Waals surface area contributed by atoms with Crippen LogP contribution in [0.1, 0.15) is 100 Å². The van der Waals surface area contributed by atoms with Gasteiger partial charge in [-0.2, -0.15) is 0 Å². The summed E-state index contributed by atoms with van der Waals surface area (Å²) in [4.78, 5) is 0. The lowest BCUT2D eigenvalue weighted by Gasteiger charge is -2.72. The van der Waals surface area contributed by atoms with E-state index in [4.69, 9.17) is 9.47 Å². The van der Waals surface area contributed by atoms with E-state index in [2.05, 4.69) is 67.5 Å². The number of allylic oxidation sites excluding steroid dienone is 4.